The second-order valence-electron chi connectivity index (χ2n) is 5.63. The van der Waals surface area contributed by atoms with Gasteiger partial charge < -0.3 is 0 Å². The number of hydrogen-bond donors (Lipinski definition) is 0. The predicted octanol–water partition coefficient (Wildman–Crippen LogP) is 3.81. The third-order valence-electron chi connectivity index (χ3n) is 3.81. The molecule has 0 saturated heterocycles. The van der Waals surface area contributed by atoms with E-state index in [9.17, 15) is 21.6 Å². The van der Waals surface area contributed by atoms with Gasteiger partial charge in [0, 0.05) is 0 Å². The zero-order chi connectivity index (χ0) is 20.0. The van der Waals surface area contributed by atoms with Crippen LogP contribution in [0.1, 0.15) is 5.56 Å². The molecule has 2 aromatic carbocycles. The number of nitrogens with zero attached hydrogens (tertiary/aromatic N) is 1. The summed E-state index contributed by atoms with van der Waals surface area (Å²) in [5, 5.41) is -4.25. The van der Waals surface area contributed by atoms with E-state index in [1.165, 1.54) is 37.4 Å². The summed E-state index contributed by atoms with van der Waals surface area (Å²) in [5.41, 5.74) is 1.03. The van der Waals surface area contributed by atoms with Crippen LogP contribution in [0, 0.1) is 6.92 Å². The molecule has 0 fully saturated rings. The Bertz CT molecular complexity index is 1110. The fourth-order valence-corrected chi connectivity index (χ4v) is 6.94. The van der Waals surface area contributed by atoms with Crippen LogP contribution < -0.4 is 9.20 Å². The SMILES string of the molecule is COc1ccc2c(c1)c([Se]C(F)(F)F)c(Br)n2S(=O)(=O)c1ccc(C)cc1. The van der Waals surface area contributed by atoms with E-state index >= 15 is 0 Å². The number of fused-ring (bicyclic) bond motifs is 1. The quantitative estimate of drug-likeness (QED) is 0.486. The van der Waals surface area contributed by atoms with E-state index < -0.39 is 30.1 Å². The standard InChI is InChI=1S/C17H13BrF3NO3SSe/c1-10-3-6-12(7-4-10)26(23,24)22-14-8-5-11(25-2)9-13(14)15(16(22)18)27-17(19,20)21/h3-9H,1-2H3. The average molecular weight is 527 g/mol. The molecular formula is C17H13BrF3NO3SSe. The molecule has 0 saturated carbocycles. The summed E-state index contributed by atoms with van der Waals surface area (Å²) in [7, 11) is -2.70. The number of benzene rings is 2. The minimum absolute atomic E-state index is 0.00687. The average Bonchev–Trinajstić information content (AvgIpc) is 2.85. The number of alkyl halides is 3. The molecule has 3 aromatic rings. The molecule has 0 spiro atoms. The molecule has 1 aromatic heterocycles. The number of ether oxygens (including phenoxy) is 1. The van der Waals surface area contributed by atoms with Crippen molar-refractivity contribution in [2.45, 2.75) is 16.9 Å². The first-order valence-corrected chi connectivity index (χ1v) is 11.4. The van der Waals surface area contributed by atoms with Gasteiger partial charge in [0.25, 0.3) is 0 Å². The van der Waals surface area contributed by atoms with E-state index in [-0.39, 0.29) is 24.9 Å². The Labute approximate surface area is 168 Å². The molecule has 1 heterocycles. The Morgan fingerprint density at radius 2 is 1.74 bits per heavy atom. The topological polar surface area (TPSA) is 48.3 Å². The van der Waals surface area contributed by atoms with Crippen LogP contribution in [0.15, 0.2) is 52.0 Å². The molecule has 0 N–H and O–H groups in total. The van der Waals surface area contributed by atoms with Crippen LogP contribution in [0.2, 0.25) is 0 Å². The van der Waals surface area contributed by atoms with Crippen molar-refractivity contribution in [3.63, 3.8) is 0 Å². The van der Waals surface area contributed by atoms with Gasteiger partial charge in [-0.3, -0.25) is 0 Å². The van der Waals surface area contributed by atoms with E-state index in [0.717, 1.165) is 9.54 Å². The van der Waals surface area contributed by atoms with Crippen molar-refractivity contribution in [3.05, 3.63) is 52.6 Å². The van der Waals surface area contributed by atoms with E-state index in [0.29, 0.717) is 5.75 Å². The molecule has 27 heavy (non-hydrogen) atoms. The summed E-state index contributed by atoms with van der Waals surface area (Å²) < 4.78 is 71.4. The van der Waals surface area contributed by atoms with Crippen molar-refractivity contribution >= 4 is 56.3 Å². The Morgan fingerprint density at radius 3 is 2.30 bits per heavy atom. The first-order valence-electron chi connectivity index (χ1n) is 7.50. The summed E-state index contributed by atoms with van der Waals surface area (Å²) in [6, 6.07) is 10.5. The third-order valence-corrected chi connectivity index (χ3v) is 8.90. The van der Waals surface area contributed by atoms with Gasteiger partial charge in [0.1, 0.15) is 0 Å². The van der Waals surface area contributed by atoms with Gasteiger partial charge in [0.05, 0.1) is 0 Å². The molecule has 3 rings (SSSR count). The summed E-state index contributed by atoms with van der Waals surface area (Å²) in [5.74, 6) is 0.346. The molecule has 0 radical (unpaired) electrons. The van der Waals surface area contributed by atoms with Crippen molar-refractivity contribution in [1.29, 1.82) is 0 Å². The molecule has 0 amide bonds. The van der Waals surface area contributed by atoms with E-state index in [1.54, 1.807) is 12.1 Å². The first kappa shape index (κ1) is 20.3. The van der Waals surface area contributed by atoms with E-state index in [2.05, 4.69) is 15.9 Å². The van der Waals surface area contributed by atoms with Crippen molar-refractivity contribution in [1.82, 2.24) is 3.97 Å². The zero-order valence-electron chi connectivity index (χ0n) is 14.0. The van der Waals surface area contributed by atoms with E-state index in [1.807, 2.05) is 6.92 Å². The number of methoxy groups -OCH3 is 1. The summed E-state index contributed by atoms with van der Waals surface area (Å²) in [4.78, 5) is -0.00687. The van der Waals surface area contributed by atoms with Crippen LogP contribution in [0.4, 0.5) is 13.2 Å². The third kappa shape index (κ3) is 3.89. The molecule has 144 valence electrons. The van der Waals surface area contributed by atoms with Crippen LogP contribution in [-0.2, 0) is 10.0 Å². The van der Waals surface area contributed by atoms with Crippen molar-refractivity contribution in [2.75, 3.05) is 7.11 Å². The first-order chi connectivity index (χ1) is 12.5. The fraction of sp³-hybridized carbons (Fsp3) is 0.176. The number of rotatable bonds is 4. The molecule has 0 bridgehead atoms. The second-order valence-corrected chi connectivity index (χ2v) is 10.4. The summed E-state index contributed by atoms with van der Waals surface area (Å²) >= 11 is 1.16. The molecule has 0 unspecified atom stereocenters. The predicted molar refractivity (Wildman–Crippen MR) is 101 cm³/mol. The van der Waals surface area contributed by atoms with Gasteiger partial charge in [0.2, 0.25) is 0 Å². The molecule has 0 aliphatic heterocycles. The number of halogens is 4. The van der Waals surface area contributed by atoms with Crippen LogP contribution >= 0.6 is 15.9 Å². The Morgan fingerprint density at radius 1 is 1.11 bits per heavy atom. The van der Waals surface area contributed by atoms with Gasteiger partial charge >= 0.3 is 169 Å². The van der Waals surface area contributed by atoms with Gasteiger partial charge in [-0.2, -0.15) is 0 Å². The fourth-order valence-electron chi connectivity index (χ4n) is 2.57. The zero-order valence-corrected chi connectivity index (χ0v) is 18.2. The normalized spacial score (nSPS) is 12.5. The molecule has 10 heteroatoms. The molecule has 0 atom stereocenters. The van der Waals surface area contributed by atoms with E-state index in [4.69, 9.17) is 4.74 Å². The summed E-state index contributed by atoms with van der Waals surface area (Å²) in [6.45, 7) is 1.81. The van der Waals surface area contributed by atoms with Gasteiger partial charge in [-0.25, -0.2) is 0 Å². The van der Waals surface area contributed by atoms with Crippen molar-refractivity contribution in [3.8, 4) is 5.75 Å². The van der Waals surface area contributed by atoms with Crippen LogP contribution in [-0.4, -0.2) is 39.5 Å². The number of aromatic nitrogens is 1. The van der Waals surface area contributed by atoms with Crippen LogP contribution in [0.5, 0.6) is 5.75 Å². The maximum atomic E-state index is 13.1. The van der Waals surface area contributed by atoms with Crippen LogP contribution in [0.3, 0.4) is 0 Å². The number of hydrogen-bond acceptors (Lipinski definition) is 3. The Kier molecular flexibility index (Phi) is 5.37. The van der Waals surface area contributed by atoms with Gasteiger partial charge in [-0.05, 0) is 0 Å². The molecule has 4 nitrogen and oxygen atoms in total. The second kappa shape index (κ2) is 7.16. The van der Waals surface area contributed by atoms with Crippen LogP contribution in [0.25, 0.3) is 10.9 Å². The summed E-state index contributed by atoms with van der Waals surface area (Å²) in [6.07, 6.45) is 0. The maximum absolute atomic E-state index is 13.1. The molecule has 0 aliphatic rings. The van der Waals surface area contributed by atoms with Crippen molar-refractivity contribution in [2.24, 2.45) is 0 Å². The van der Waals surface area contributed by atoms with Gasteiger partial charge in [-0.15, -0.1) is 0 Å². The Hall–Kier alpha value is -1.48. The molecular weight excluding hydrogens is 514 g/mol. The molecule has 0 aliphatic carbocycles. The minimum atomic E-state index is -4.44. The monoisotopic (exact) mass is 527 g/mol. The number of aryl methyl sites for hydroxylation is 1. The van der Waals surface area contributed by atoms with Gasteiger partial charge in [0.15, 0.2) is 0 Å². The van der Waals surface area contributed by atoms with Gasteiger partial charge in [-0.1, -0.05) is 0 Å². The van der Waals surface area contributed by atoms with Crippen molar-refractivity contribution < 1.29 is 26.3 Å². The Balaban J connectivity index is 2.33.